The van der Waals surface area contributed by atoms with Gasteiger partial charge >= 0.3 is 6.18 Å². The van der Waals surface area contributed by atoms with E-state index in [1.807, 2.05) is 24.3 Å². The van der Waals surface area contributed by atoms with E-state index >= 15 is 0 Å². The Morgan fingerprint density at radius 1 is 1.18 bits per heavy atom. The second-order valence-electron chi connectivity index (χ2n) is 8.71. The Morgan fingerprint density at radius 3 is 2.64 bits per heavy atom. The van der Waals surface area contributed by atoms with Gasteiger partial charge < -0.3 is 10.4 Å². The fraction of sp³-hybridized carbons (Fsp3) is 0.375. The molecule has 2 aromatic carbocycles. The smallest absolute Gasteiger partial charge is 0.392 e. The monoisotopic (exact) mass is 493 g/mol. The number of rotatable bonds is 6. The van der Waals surface area contributed by atoms with Gasteiger partial charge in [-0.1, -0.05) is 41.9 Å². The molecular formula is C24H23ClF3N3OS. The third-order valence-corrected chi connectivity index (χ3v) is 7.70. The molecule has 4 nitrogen and oxygen atoms in total. The molecule has 1 unspecified atom stereocenters. The van der Waals surface area contributed by atoms with Crippen molar-refractivity contribution in [2.75, 3.05) is 18.4 Å². The lowest BCUT2D eigenvalue weighted by atomic mass is 10.0. The quantitative estimate of drug-likeness (QED) is 0.437. The van der Waals surface area contributed by atoms with Crippen molar-refractivity contribution >= 4 is 28.1 Å². The molecule has 1 saturated heterocycles. The molecule has 0 radical (unpaired) electrons. The molecule has 2 heterocycles. The summed E-state index contributed by atoms with van der Waals surface area (Å²) in [6.07, 6.45) is -0.762. The molecule has 5 rings (SSSR count). The second kappa shape index (κ2) is 8.58. The zero-order valence-electron chi connectivity index (χ0n) is 17.6. The average Bonchev–Trinajstić information content (AvgIpc) is 3.21. The van der Waals surface area contributed by atoms with Crippen LogP contribution in [0.3, 0.4) is 0 Å². The van der Waals surface area contributed by atoms with Crippen molar-refractivity contribution in [2.24, 2.45) is 0 Å². The Balaban J connectivity index is 1.43. The van der Waals surface area contributed by atoms with Gasteiger partial charge in [0.25, 0.3) is 0 Å². The number of β-amino-alcohol motifs (C(OH)–C–C–N with tert-alkyl or cyclic N) is 1. The lowest BCUT2D eigenvalue weighted by Crippen LogP contribution is -2.28. The molecule has 1 aliphatic carbocycles. The standard InChI is InChI=1S/C24H23ClF3N3OS/c25-19-7-2-1-6-18(19)21(31-11-8-17(32)14-31)20-13-29-22(33-20)30-23(9-10-23)15-4-3-5-16(12-15)24(26,27)28/h1-7,12-13,17,21,32H,8-11,14H2,(H,29,30)/t17-,21?/m1/s1. The van der Waals surface area contributed by atoms with Crippen LogP contribution in [0.1, 0.15) is 46.9 Å². The van der Waals surface area contributed by atoms with Gasteiger partial charge in [-0.2, -0.15) is 13.2 Å². The molecule has 0 spiro atoms. The van der Waals surface area contributed by atoms with E-state index in [2.05, 4.69) is 15.2 Å². The summed E-state index contributed by atoms with van der Waals surface area (Å²) in [4.78, 5) is 7.73. The van der Waals surface area contributed by atoms with Crippen molar-refractivity contribution in [1.82, 2.24) is 9.88 Å². The molecule has 2 atom stereocenters. The van der Waals surface area contributed by atoms with Crippen LogP contribution in [-0.2, 0) is 11.7 Å². The number of likely N-dealkylation sites (tertiary alicyclic amines) is 1. The topological polar surface area (TPSA) is 48.4 Å². The van der Waals surface area contributed by atoms with E-state index in [9.17, 15) is 18.3 Å². The minimum absolute atomic E-state index is 0.146. The molecule has 174 valence electrons. The van der Waals surface area contributed by atoms with Crippen LogP contribution in [0, 0.1) is 0 Å². The van der Waals surface area contributed by atoms with Gasteiger partial charge in [0.05, 0.1) is 23.2 Å². The maximum Gasteiger partial charge on any atom is 0.416 e. The van der Waals surface area contributed by atoms with Gasteiger partial charge in [0.15, 0.2) is 5.13 Å². The summed E-state index contributed by atoms with van der Waals surface area (Å²) in [5.41, 5.74) is 0.404. The molecule has 2 aliphatic rings. The summed E-state index contributed by atoms with van der Waals surface area (Å²) < 4.78 is 39.6. The first-order valence-electron chi connectivity index (χ1n) is 10.8. The van der Waals surface area contributed by atoms with Crippen LogP contribution >= 0.6 is 22.9 Å². The van der Waals surface area contributed by atoms with Crippen molar-refractivity contribution in [3.63, 3.8) is 0 Å². The highest BCUT2D eigenvalue weighted by Gasteiger charge is 2.46. The number of aliphatic hydroxyl groups excluding tert-OH is 1. The van der Waals surface area contributed by atoms with Crippen molar-refractivity contribution in [3.05, 3.63) is 81.3 Å². The Hall–Kier alpha value is -2.13. The van der Waals surface area contributed by atoms with E-state index in [1.54, 1.807) is 12.3 Å². The van der Waals surface area contributed by atoms with Crippen LogP contribution in [0.15, 0.2) is 54.7 Å². The van der Waals surface area contributed by atoms with Crippen molar-refractivity contribution in [1.29, 1.82) is 0 Å². The van der Waals surface area contributed by atoms with Gasteiger partial charge in [0.1, 0.15) is 0 Å². The number of halogens is 4. The summed E-state index contributed by atoms with van der Waals surface area (Å²) in [6.45, 7) is 1.29. The number of alkyl halides is 3. The SMILES string of the molecule is O[C@@H]1CCN(C(c2cnc(NC3(c4cccc(C(F)(F)F)c4)CC3)s2)c2ccccc2Cl)C1. The summed E-state index contributed by atoms with van der Waals surface area (Å²) in [7, 11) is 0. The zero-order valence-corrected chi connectivity index (χ0v) is 19.2. The van der Waals surface area contributed by atoms with Gasteiger partial charge in [0.2, 0.25) is 0 Å². The molecule has 9 heteroatoms. The van der Waals surface area contributed by atoms with Crippen LogP contribution in [0.2, 0.25) is 5.02 Å². The molecule has 33 heavy (non-hydrogen) atoms. The Bertz CT molecular complexity index is 1150. The average molecular weight is 494 g/mol. The van der Waals surface area contributed by atoms with Crippen LogP contribution in [0.25, 0.3) is 0 Å². The number of hydrogen-bond donors (Lipinski definition) is 2. The first-order chi connectivity index (χ1) is 15.7. The Kier molecular flexibility index (Phi) is 5.89. The minimum Gasteiger partial charge on any atom is -0.392 e. The van der Waals surface area contributed by atoms with Gasteiger partial charge in [-0.15, -0.1) is 11.3 Å². The highest BCUT2D eigenvalue weighted by atomic mass is 35.5. The number of anilines is 1. The molecule has 0 bridgehead atoms. The van der Waals surface area contributed by atoms with Crippen LogP contribution in [0.5, 0.6) is 0 Å². The number of benzene rings is 2. The Morgan fingerprint density at radius 2 is 1.97 bits per heavy atom. The summed E-state index contributed by atoms with van der Waals surface area (Å²) in [5.74, 6) is 0. The molecular weight excluding hydrogens is 471 g/mol. The maximum atomic E-state index is 13.2. The van der Waals surface area contributed by atoms with E-state index in [0.29, 0.717) is 28.7 Å². The molecule has 1 aromatic heterocycles. The molecule has 3 aromatic rings. The minimum atomic E-state index is -4.37. The largest absolute Gasteiger partial charge is 0.416 e. The van der Waals surface area contributed by atoms with Crippen molar-refractivity contribution < 1.29 is 18.3 Å². The lowest BCUT2D eigenvalue weighted by molar-refractivity contribution is -0.137. The second-order valence-corrected chi connectivity index (χ2v) is 10.2. The zero-order chi connectivity index (χ0) is 23.2. The highest BCUT2D eigenvalue weighted by Crippen LogP contribution is 2.50. The summed E-state index contributed by atoms with van der Waals surface area (Å²) >= 11 is 8.00. The van der Waals surface area contributed by atoms with Crippen LogP contribution in [0.4, 0.5) is 18.3 Å². The van der Waals surface area contributed by atoms with E-state index in [4.69, 9.17) is 11.6 Å². The first kappa shape index (κ1) is 22.7. The van der Waals surface area contributed by atoms with E-state index in [0.717, 1.165) is 35.9 Å². The highest BCUT2D eigenvalue weighted by molar-refractivity contribution is 7.15. The molecule has 0 amide bonds. The van der Waals surface area contributed by atoms with Crippen LogP contribution in [-0.4, -0.2) is 34.2 Å². The van der Waals surface area contributed by atoms with Crippen LogP contribution < -0.4 is 5.32 Å². The third kappa shape index (κ3) is 4.62. The number of thiazole rings is 1. The normalized spacial score (nSPS) is 21.2. The van der Waals surface area contributed by atoms with E-state index in [1.165, 1.54) is 23.5 Å². The molecule has 2 fully saturated rings. The predicted molar refractivity (Wildman–Crippen MR) is 124 cm³/mol. The molecule has 2 N–H and O–H groups in total. The van der Waals surface area contributed by atoms with Crippen molar-refractivity contribution in [3.8, 4) is 0 Å². The number of aliphatic hydroxyl groups is 1. The van der Waals surface area contributed by atoms with E-state index in [-0.39, 0.29) is 12.1 Å². The van der Waals surface area contributed by atoms with Gasteiger partial charge in [-0.25, -0.2) is 4.98 Å². The lowest BCUT2D eigenvalue weighted by Gasteiger charge is -2.27. The van der Waals surface area contributed by atoms with Crippen molar-refractivity contribution in [2.45, 2.75) is 43.1 Å². The fourth-order valence-electron chi connectivity index (χ4n) is 4.51. The maximum absolute atomic E-state index is 13.2. The predicted octanol–water partition coefficient (Wildman–Crippen LogP) is 6.07. The van der Waals surface area contributed by atoms with Gasteiger partial charge in [-0.3, -0.25) is 4.90 Å². The van der Waals surface area contributed by atoms with Gasteiger partial charge in [-0.05, 0) is 48.6 Å². The Labute approximate surface area is 199 Å². The number of nitrogens with zero attached hydrogens (tertiary/aromatic N) is 2. The molecule has 1 aliphatic heterocycles. The third-order valence-electron chi connectivity index (χ3n) is 6.39. The first-order valence-corrected chi connectivity index (χ1v) is 12.0. The number of aromatic nitrogens is 1. The number of hydrogen-bond acceptors (Lipinski definition) is 5. The van der Waals surface area contributed by atoms with E-state index < -0.39 is 17.3 Å². The summed E-state index contributed by atoms with van der Waals surface area (Å²) in [6, 6.07) is 13.0. The summed E-state index contributed by atoms with van der Waals surface area (Å²) in [5, 5.41) is 14.8. The molecule has 1 saturated carbocycles. The fourth-order valence-corrected chi connectivity index (χ4v) is 5.82. The van der Waals surface area contributed by atoms with Gasteiger partial charge in [0, 0.05) is 29.2 Å². The number of nitrogens with one attached hydrogen (secondary N) is 1.